The first-order valence-corrected chi connectivity index (χ1v) is 8.14. The van der Waals surface area contributed by atoms with Gasteiger partial charge in [0.05, 0.1) is 5.01 Å². The third-order valence-electron chi connectivity index (χ3n) is 3.49. The second-order valence-electron chi connectivity index (χ2n) is 5.37. The molecule has 0 saturated carbocycles. The molecule has 0 radical (unpaired) electrons. The Morgan fingerprint density at radius 2 is 2.35 bits per heavy atom. The Bertz CT molecular complexity index is 481. The molecule has 0 fully saturated rings. The zero-order chi connectivity index (χ0) is 14.4. The van der Waals surface area contributed by atoms with Crippen LogP contribution < -0.4 is 10.6 Å². The fourth-order valence-electron chi connectivity index (χ4n) is 2.30. The van der Waals surface area contributed by atoms with Crippen LogP contribution >= 0.6 is 11.3 Å². The van der Waals surface area contributed by atoms with Gasteiger partial charge in [-0.05, 0) is 32.6 Å². The highest BCUT2D eigenvalue weighted by Crippen LogP contribution is 2.20. The van der Waals surface area contributed by atoms with Crippen LogP contribution in [-0.2, 0) is 0 Å². The molecule has 0 aromatic carbocycles. The van der Waals surface area contributed by atoms with Crippen molar-refractivity contribution in [3.63, 3.8) is 0 Å². The Labute approximate surface area is 124 Å². The fraction of sp³-hybridized carbons (Fsp3) is 0.600. The van der Waals surface area contributed by atoms with Crippen molar-refractivity contribution in [2.45, 2.75) is 45.4 Å². The normalized spacial score (nSPS) is 15.8. The summed E-state index contributed by atoms with van der Waals surface area (Å²) in [6, 6.07) is -0.0799. The van der Waals surface area contributed by atoms with Crippen molar-refractivity contribution in [3.8, 4) is 0 Å². The van der Waals surface area contributed by atoms with Gasteiger partial charge in [-0.3, -0.25) is 0 Å². The third-order valence-corrected chi connectivity index (χ3v) is 4.69. The maximum atomic E-state index is 11.7. The molecule has 1 atom stereocenters. The van der Waals surface area contributed by atoms with Gasteiger partial charge in [-0.1, -0.05) is 18.6 Å². The van der Waals surface area contributed by atoms with Crippen LogP contribution in [0.2, 0.25) is 0 Å². The summed E-state index contributed by atoms with van der Waals surface area (Å²) in [7, 11) is 0. The number of amides is 2. The lowest BCUT2D eigenvalue weighted by Gasteiger charge is -2.11. The first-order valence-electron chi connectivity index (χ1n) is 7.27. The standard InChI is InChI=1S/C15H23N3OS/c1-11(14-18-12(2)10-20-14)9-17-15(19)16-8-7-13-5-3-4-6-13/h5,10-11H,3-4,6-9H2,1-2H3,(H2,16,17,19)/t11-/m1/s1. The van der Waals surface area contributed by atoms with Gasteiger partial charge in [-0.15, -0.1) is 11.3 Å². The van der Waals surface area contributed by atoms with Crippen molar-refractivity contribution in [2.24, 2.45) is 0 Å². The summed E-state index contributed by atoms with van der Waals surface area (Å²) in [6.45, 7) is 5.43. The summed E-state index contributed by atoms with van der Waals surface area (Å²) in [6.07, 6.45) is 6.95. The Balaban J connectivity index is 1.62. The topological polar surface area (TPSA) is 54.0 Å². The summed E-state index contributed by atoms with van der Waals surface area (Å²) in [5.41, 5.74) is 2.53. The number of urea groups is 1. The van der Waals surface area contributed by atoms with Crippen LogP contribution in [0.1, 0.15) is 49.2 Å². The van der Waals surface area contributed by atoms with Gasteiger partial charge in [0.1, 0.15) is 0 Å². The maximum Gasteiger partial charge on any atom is 0.314 e. The van der Waals surface area contributed by atoms with Crippen molar-refractivity contribution in [2.75, 3.05) is 13.1 Å². The molecule has 2 N–H and O–H groups in total. The number of carbonyl (C=O) groups is 1. The summed E-state index contributed by atoms with van der Waals surface area (Å²) in [5.74, 6) is 0.261. The molecule has 20 heavy (non-hydrogen) atoms. The molecule has 110 valence electrons. The number of carbonyl (C=O) groups excluding carboxylic acids is 1. The SMILES string of the molecule is Cc1csc([C@H](C)CNC(=O)NCCC2=CCCC2)n1. The monoisotopic (exact) mass is 293 g/mol. The van der Waals surface area contributed by atoms with Gasteiger partial charge in [0.15, 0.2) is 0 Å². The highest BCUT2D eigenvalue weighted by Gasteiger charge is 2.11. The highest BCUT2D eigenvalue weighted by atomic mass is 32.1. The maximum absolute atomic E-state index is 11.7. The van der Waals surface area contributed by atoms with Crippen molar-refractivity contribution in [1.82, 2.24) is 15.6 Å². The average molecular weight is 293 g/mol. The summed E-state index contributed by atoms with van der Waals surface area (Å²) in [4.78, 5) is 16.1. The first kappa shape index (κ1) is 15.0. The molecule has 0 bridgehead atoms. The van der Waals surface area contributed by atoms with Gasteiger partial charge in [0, 0.05) is 30.1 Å². The van der Waals surface area contributed by atoms with E-state index in [1.165, 1.54) is 24.8 Å². The van der Waals surface area contributed by atoms with Crippen LogP contribution in [0.5, 0.6) is 0 Å². The lowest BCUT2D eigenvalue weighted by Crippen LogP contribution is -2.37. The predicted octanol–water partition coefficient (Wildman–Crippen LogP) is 3.35. The number of nitrogens with zero attached hydrogens (tertiary/aromatic N) is 1. The molecule has 0 saturated heterocycles. The van der Waals surface area contributed by atoms with Crippen LogP contribution in [0.4, 0.5) is 4.79 Å². The van der Waals surface area contributed by atoms with Gasteiger partial charge in [-0.25, -0.2) is 9.78 Å². The number of allylic oxidation sites excluding steroid dienone is 1. The summed E-state index contributed by atoms with van der Waals surface area (Å²) in [5, 5.41) is 8.95. The van der Waals surface area contributed by atoms with Crippen molar-refractivity contribution in [3.05, 3.63) is 27.7 Å². The second kappa shape index (κ2) is 7.43. The molecular formula is C15H23N3OS. The third kappa shape index (κ3) is 4.63. The van der Waals surface area contributed by atoms with Gasteiger partial charge in [0.25, 0.3) is 0 Å². The van der Waals surface area contributed by atoms with Crippen LogP contribution in [0.3, 0.4) is 0 Å². The fourth-order valence-corrected chi connectivity index (χ4v) is 3.15. The molecular weight excluding hydrogens is 270 g/mol. The number of thiazole rings is 1. The minimum atomic E-state index is -0.0799. The van der Waals surface area contributed by atoms with Crippen LogP contribution in [-0.4, -0.2) is 24.1 Å². The number of nitrogens with one attached hydrogen (secondary N) is 2. The summed E-state index contributed by atoms with van der Waals surface area (Å²) >= 11 is 1.65. The van der Waals surface area contributed by atoms with Gasteiger partial charge >= 0.3 is 6.03 Å². The van der Waals surface area contributed by atoms with Crippen LogP contribution in [0, 0.1) is 6.92 Å². The molecule has 0 unspecified atom stereocenters. The Morgan fingerprint density at radius 3 is 3.00 bits per heavy atom. The average Bonchev–Trinajstić information content (AvgIpc) is 3.07. The molecule has 0 spiro atoms. The van der Waals surface area contributed by atoms with Crippen LogP contribution in [0.15, 0.2) is 17.0 Å². The van der Waals surface area contributed by atoms with E-state index in [-0.39, 0.29) is 11.9 Å². The zero-order valence-corrected chi connectivity index (χ0v) is 13.1. The molecule has 1 aliphatic carbocycles. The number of aromatic nitrogens is 1. The van der Waals surface area contributed by atoms with E-state index < -0.39 is 0 Å². The van der Waals surface area contributed by atoms with E-state index in [1.807, 2.05) is 12.3 Å². The quantitative estimate of drug-likeness (QED) is 0.790. The number of hydrogen-bond acceptors (Lipinski definition) is 3. The lowest BCUT2D eigenvalue weighted by molar-refractivity contribution is 0.240. The smallest absolute Gasteiger partial charge is 0.314 e. The number of aryl methyl sites for hydroxylation is 1. The van der Waals surface area contributed by atoms with E-state index in [2.05, 4.69) is 28.6 Å². The second-order valence-corrected chi connectivity index (χ2v) is 6.26. The van der Waals surface area contributed by atoms with E-state index in [0.717, 1.165) is 23.7 Å². The van der Waals surface area contributed by atoms with E-state index in [4.69, 9.17) is 0 Å². The summed E-state index contributed by atoms with van der Waals surface area (Å²) < 4.78 is 0. The zero-order valence-electron chi connectivity index (χ0n) is 12.2. The molecule has 1 aliphatic rings. The Morgan fingerprint density at radius 1 is 1.50 bits per heavy atom. The molecule has 1 aromatic rings. The van der Waals surface area contributed by atoms with Crippen molar-refractivity contribution >= 4 is 17.4 Å². The number of hydrogen-bond donors (Lipinski definition) is 2. The van der Waals surface area contributed by atoms with Gasteiger partial charge < -0.3 is 10.6 Å². The lowest BCUT2D eigenvalue weighted by atomic mass is 10.2. The molecule has 0 aliphatic heterocycles. The van der Waals surface area contributed by atoms with Crippen LogP contribution in [0.25, 0.3) is 0 Å². The van der Waals surface area contributed by atoms with Crippen molar-refractivity contribution < 1.29 is 4.79 Å². The molecule has 2 rings (SSSR count). The Kier molecular flexibility index (Phi) is 5.59. The van der Waals surface area contributed by atoms with Gasteiger partial charge in [0.2, 0.25) is 0 Å². The van der Waals surface area contributed by atoms with E-state index in [9.17, 15) is 4.79 Å². The minimum absolute atomic E-state index is 0.0799. The minimum Gasteiger partial charge on any atom is -0.338 e. The Hall–Kier alpha value is -1.36. The predicted molar refractivity (Wildman–Crippen MR) is 83.2 cm³/mol. The van der Waals surface area contributed by atoms with Crippen molar-refractivity contribution in [1.29, 1.82) is 0 Å². The molecule has 5 heteroatoms. The van der Waals surface area contributed by atoms with E-state index in [0.29, 0.717) is 6.54 Å². The molecule has 2 amide bonds. The molecule has 1 heterocycles. The highest BCUT2D eigenvalue weighted by molar-refractivity contribution is 7.09. The van der Waals surface area contributed by atoms with E-state index >= 15 is 0 Å². The number of rotatable bonds is 6. The molecule has 4 nitrogen and oxygen atoms in total. The van der Waals surface area contributed by atoms with E-state index in [1.54, 1.807) is 11.3 Å². The first-order chi connectivity index (χ1) is 9.65. The largest absolute Gasteiger partial charge is 0.338 e. The molecule has 1 aromatic heterocycles. The van der Waals surface area contributed by atoms with Gasteiger partial charge in [-0.2, -0.15) is 0 Å².